The summed E-state index contributed by atoms with van der Waals surface area (Å²) >= 11 is 0. The van der Waals surface area contributed by atoms with E-state index in [9.17, 15) is 4.79 Å². The number of nitrogen functional groups attached to an aromatic ring is 1. The number of rotatable bonds is 3. The van der Waals surface area contributed by atoms with Crippen LogP contribution in [0.3, 0.4) is 0 Å². The molecule has 4 heteroatoms. The normalized spacial score (nSPS) is 17.3. The molecule has 1 heterocycles. The van der Waals surface area contributed by atoms with Gasteiger partial charge in [0.15, 0.2) is 0 Å². The largest absolute Gasteiger partial charge is 0.496 e. The summed E-state index contributed by atoms with van der Waals surface area (Å²) in [6.07, 6.45) is 1.95. The summed E-state index contributed by atoms with van der Waals surface area (Å²) in [6.45, 7) is 2.70. The number of ether oxygens (including phenoxy) is 1. The van der Waals surface area contributed by atoms with Gasteiger partial charge in [-0.15, -0.1) is 0 Å². The zero-order valence-corrected chi connectivity index (χ0v) is 13.6. The van der Waals surface area contributed by atoms with E-state index in [0.29, 0.717) is 11.3 Å². The van der Waals surface area contributed by atoms with Gasteiger partial charge in [-0.3, -0.25) is 4.79 Å². The Morgan fingerprint density at radius 1 is 1.26 bits per heavy atom. The zero-order chi connectivity index (χ0) is 16.4. The van der Waals surface area contributed by atoms with Gasteiger partial charge in [0, 0.05) is 23.4 Å². The maximum atomic E-state index is 13.0. The van der Waals surface area contributed by atoms with Crippen molar-refractivity contribution in [1.29, 1.82) is 0 Å². The van der Waals surface area contributed by atoms with Crippen LogP contribution < -0.4 is 10.5 Å². The Kier molecular flexibility index (Phi) is 4.24. The molecule has 1 aliphatic rings. The summed E-state index contributed by atoms with van der Waals surface area (Å²) in [5.74, 6) is 0.879. The Balaban J connectivity index is 1.95. The smallest absolute Gasteiger partial charge is 0.254 e. The minimum Gasteiger partial charge on any atom is -0.496 e. The number of para-hydroxylation sites is 1. The fraction of sp³-hybridized carbons (Fsp3) is 0.316. The minimum atomic E-state index is 0.0446. The van der Waals surface area contributed by atoms with Gasteiger partial charge in [-0.1, -0.05) is 24.3 Å². The van der Waals surface area contributed by atoms with Crippen molar-refractivity contribution < 1.29 is 9.53 Å². The van der Waals surface area contributed by atoms with Crippen molar-refractivity contribution >= 4 is 11.6 Å². The summed E-state index contributed by atoms with van der Waals surface area (Å²) in [6, 6.07) is 13.5. The highest BCUT2D eigenvalue weighted by Crippen LogP contribution is 2.38. The molecule has 1 aliphatic heterocycles. The average molecular weight is 310 g/mol. The molecule has 0 spiro atoms. The van der Waals surface area contributed by atoms with Gasteiger partial charge in [-0.2, -0.15) is 0 Å². The van der Waals surface area contributed by atoms with Crippen LogP contribution in [0.4, 0.5) is 5.69 Å². The molecule has 4 nitrogen and oxygen atoms in total. The molecule has 1 saturated heterocycles. The predicted octanol–water partition coefficient (Wildman–Crippen LogP) is 3.56. The zero-order valence-electron chi connectivity index (χ0n) is 13.6. The first kappa shape index (κ1) is 15.4. The molecule has 2 aromatic carbocycles. The van der Waals surface area contributed by atoms with Crippen LogP contribution in [0.25, 0.3) is 0 Å². The number of likely N-dealkylation sites (tertiary alicyclic amines) is 1. The third-order valence-corrected chi connectivity index (χ3v) is 4.50. The van der Waals surface area contributed by atoms with Crippen LogP contribution >= 0.6 is 0 Å². The lowest BCUT2D eigenvalue weighted by Crippen LogP contribution is -2.31. The molecule has 23 heavy (non-hydrogen) atoms. The number of carbonyl (C=O) groups is 1. The Bertz CT molecular complexity index is 727. The second-order valence-corrected chi connectivity index (χ2v) is 5.97. The molecule has 1 amide bonds. The summed E-state index contributed by atoms with van der Waals surface area (Å²) in [7, 11) is 1.67. The summed E-state index contributed by atoms with van der Waals surface area (Å²) in [5.41, 5.74) is 9.19. The minimum absolute atomic E-state index is 0.0446. The molecular formula is C19H22N2O2. The van der Waals surface area contributed by atoms with Crippen LogP contribution in [-0.2, 0) is 0 Å². The van der Waals surface area contributed by atoms with Gasteiger partial charge in [0.2, 0.25) is 0 Å². The first-order valence-electron chi connectivity index (χ1n) is 7.92. The SMILES string of the molecule is COc1ccccc1C1CCCN1C(=O)c1cc(N)ccc1C. The van der Waals surface area contributed by atoms with Crippen molar-refractivity contribution in [3.8, 4) is 5.75 Å². The molecule has 1 fully saturated rings. The third-order valence-electron chi connectivity index (χ3n) is 4.50. The van der Waals surface area contributed by atoms with Crippen LogP contribution in [0.15, 0.2) is 42.5 Å². The fourth-order valence-corrected chi connectivity index (χ4v) is 3.30. The molecule has 120 valence electrons. The number of anilines is 1. The van der Waals surface area contributed by atoms with Crippen molar-refractivity contribution in [3.05, 3.63) is 59.2 Å². The Hall–Kier alpha value is -2.49. The van der Waals surface area contributed by atoms with E-state index in [1.165, 1.54) is 0 Å². The van der Waals surface area contributed by atoms with E-state index < -0.39 is 0 Å². The number of nitrogens with zero attached hydrogens (tertiary/aromatic N) is 1. The van der Waals surface area contributed by atoms with E-state index in [2.05, 4.69) is 0 Å². The molecule has 0 bridgehead atoms. The highest BCUT2D eigenvalue weighted by atomic mass is 16.5. The van der Waals surface area contributed by atoms with Crippen LogP contribution in [-0.4, -0.2) is 24.5 Å². The Morgan fingerprint density at radius 2 is 2.04 bits per heavy atom. The quantitative estimate of drug-likeness (QED) is 0.882. The van der Waals surface area contributed by atoms with E-state index in [1.54, 1.807) is 13.2 Å². The highest BCUT2D eigenvalue weighted by Gasteiger charge is 2.32. The van der Waals surface area contributed by atoms with Crippen LogP contribution in [0.2, 0.25) is 0 Å². The number of methoxy groups -OCH3 is 1. The van der Waals surface area contributed by atoms with Crippen LogP contribution in [0.1, 0.15) is 40.4 Å². The molecule has 0 aromatic heterocycles. The molecule has 1 unspecified atom stereocenters. The second-order valence-electron chi connectivity index (χ2n) is 5.97. The maximum absolute atomic E-state index is 13.0. The first-order valence-corrected chi connectivity index (χ1v) is 7.92. The van der Waals surface area contributed by atoms with Gasteiger partial charge < -0.3 is 15.4 Å². The van der Waals surface area contributed by atoms with Gasteiger partial charge >= 0.3 is 0 Å². The number of aryl methyl sites for hydroxylation is 1. The summed E-state index contributed by atoms with van der Waals surface area (Å²) < 4.78 is 5.48. The molecule has 3 rings (SSSR count). The lowest BCUT2D eigenvalue weighted by Gasteiger charge is -2.27. The van der Waals surface area contributed by atoms with Crippen molar-refractivity contribution in [3.63, 3.8) is 0 Å². The number of carbonyl (C=O) groups excluding carboxylic acids is 1. The molecule has 1 atom stereocenters. The Labute approximate surface area is 136 Å². The van der Waals surface area contributed by atoms with Crippen LogP contribution in [0.5, 0.6) is 5.75 Å². The second kappa shape index (κ2) is 6.32. The Morgan fingerprint density at radius 3 is 2.83 bits per heavy atom. The van der Waals surface area contributed by atoms with Gasteiger partial charge in [0.05, 0.1) is 13.2 Å². The number of benzene rings is 2. The van der Waals surface area contributed by atoms with E-state index >= 15 is 0 Å². The molecule has 2 N–H and O–H groups in total. The predicted molar refractivity (Wildman–Crippen MR) is 91.6 cm³/mol. The summed E-state index contributed by atoms with van der Waals surface area (Å²) in [4.78, 5) is 15.0. The average Bonchev–Trinajstić information content (AvgIpc) is 3.05. The van der Waals surface area contributed by atoms with Crippen molar-refractivity contribution in [2.45, 2.75) is 25.8 Å². The third kappa shape index (κ3) is 2.89. The summed E-state index contributed by atoms with van der Waals surface area (Å²) in [5, 5.41) is 0. The molecule has 0 radical (unpaired) electrons. The van der Waals surface area contributed by atoms with Gasteiger partial charge in [0.25, 0.3) is 5.91 Å². The number of amides is 1. The highest BCUT2D eigenvalue weighted by molar-refractivity contribution is 5.97. The number of hydrogen-bond donors (Lipinski definition) is 1. The molecule has 0 aliphatic carbocycles. The number of nitrogens with two attached hydrogens (primary N) is 1. The molecule has 2 aromatic rings. The van der Waals surface area contributed by atoms with E-state index in [0.717, 1.165) is 36.3 Å². The standard InChI is InChI=1S/C19H22N2O2/c1-13-9-10-14(20)12-16(13)19(22)21-11-5-7-17(21)15-6-3-4-8-18(15)23-2/h3-4,6,8-10,12,17H,5,7,11,20H2,1-2H3. The van der Waals surface area contributed by atoms with Gasteiger partial charge in [-0.05, 0) is 43.5 Å². The monoisotopic (exact) mass is 310 g/mol. The van der Waals surface area contributed by atoms with E-state index in [4.69, 9.17) is 10.5 Å². The lowest BCUT2D eigenvalue weighted by molar-refractivity contribution is 0.0733. The molecular weight excluding hydrogens is 288 g/mol. The van der Waals surface area contributed by atoms with Gasteiger partial charge in [0.1, 0.15) is 5.75 Å². The van der Waals surface area contributed by atoms with Gasteiger partial charge in [-0.25, -0.2) is 0 Å². The van der Waals surface area contributed by atoms with E-state index in [1.807, 2.05) is 48.2 Å². The van der Waals surface area contributed by atoms with Crippen LogP contribution in [0, 0.1) is 6.92 Å². The van der Waals surface area contributed by atoms with E-state index in [-0.39, 0.29) is 11.9 Å². The van der Waals surface area contributed by atoms with Crippen molar-refractivity contribution in [1.82, 2.24) is 4.90 Å². The van der Waals surface area contributed by atoms with Crippen molar-refractivity contribution in [2.75, 3.05) is 19.4 Å². The van der Waals surface area contributed by atoms with Crippen molar-refractivity contribution in [2.24, 2.45) is 0 Å². The molecule has 0 saturated carbocycles. The maximum Gasteiger partial charge on any atom is 0.254 e. The lowest BCUT2D eigenvalue weighted by atomic mass is 10.0. The topological polar surface area (TPSA) is 55.6 Å². The number of hydrogen-bond acceptors (Lipinski definition) is 3. The first-order chi connectivity index (χ1) is 11.1. The fourth-order valence-electron chi connectivity index (χ4n) is 3.30.